The van der Waals surface area contributed by atoms with Crippen molar-refractivity contribution in [3.63, 3.8) is 0 Å². The highest BCUT2D eigenvalue weighted by atomic mass is 32.2. The van der Waals surface area contributed by atoms with Gasteiger partial charge in [-0.05, 0) is 81.5 Å². The van der Waals surface area contributed by atoms with E-state index in [-0.39, 0.29) is 23.4 Å². The van der Waals surface area contributed by atoms with Crippen molar-refractivity contribution in [3.8, 4) is 0 Å². The molecule has 0 saturated carbocycles. The van der Waals surface area contributed by atoms with E-state index in [4.69, 9.17) is 0 Å². The third kappa shape index (κ3) is 7.69. The van der Waals surface area contributed by atoms with Gasteiger partial charge in [0.1, 0.15) is 12.6 Å². The van der Waals surface area contributed by atoms with Crippen LogP contribution in [0.1, 0.15) is 43.9 Å². The average Bonchev–Trinajstić information content (AvgIpc) is 2.91. The Hall–Kier alpha value is -3.65. The van der Waals surface area contributed by atoms with E-state index in [0.29, 0.717) is 18.5 Å². The minimum absolute atomic E-state index is 0.0939. The summed E-state index contributed by atoms with van der Waals surface area (Å²) in [7, 11) is -4.07. The number of hydrogen-bond acceptors (Lipinski definition) is 4. The minimum atomic E-state index is -4.07. The van der Waals surface area contributed by atoms with Crippen LogP contribution in [0.15, 0.2) is 83.8 Å². The van der Waals surface area contributed by atoms with Gasteiger partial charge in [-0.3, -0.25) is 13.9 Å². The lowest BCUT2D eigenvalue weighted by molar-refractivity contribution is -0.139. The first kappa shape index (κ1) is 29.9. The lowest BCUT2D eigenvalue weighted by Gasteiger charge is -2.33. The Bertz CT molecular complexity index is 1360. The normalized spacial score (nSPS) is 12.2. The number of anilines is 1. The van der Waals surface area contributed by atoms with Crippen LogP contribution < -0.4 is 9.62 Å². The van der Waals surface area contributed by atoms with Crippen molar-refractivity contribution in [2.24, 2.45) is 0 Å². The number of hydrogen-bond donors (Lipinski definition) is 1. The number of nitrogens with one attached hydrogen (secondary N) is 1. The average molecular weight is 550 g/mol. The van der Waals surface area contributed by atoms with E-state index < -0.39 is 28.5 Å². The van der Waals surface area contributed by atoms with Gasteiger partial charge in [0.15, 0.2) is 0 Å². The summed E-state index contributed by atoms with van der Waals surface area (Å²) in [5, 5.41) is 2.92. The van der Waals surface area contributed by atoms with Crippen LogP contribution >= 0.6 is 0 Å². The second-order valence-corrected chi connectivity index (χ2v) is 11.9. The fraction of sp³-hybridized carbons (Fsp3) is 0.355. The molecule has 0 radical (unpaired) electrons. The van der Waals surface area contributed by atoms with Crippen molar-refractivity contribution >= 4 is 27.5 Å². The molecule has 0 saturated heterocycles. The summed E-state index contributed by atoms with van der Waals surface area (Å²) in [6.45, 7) is 9.30. The highest BCUT2D eigenvalue weighted by Crippen LogP contribution is 2.26. The van der Waals surface area contributed by atoms with Gasteiger partial charge >= 0.3 is 0 Å². The molecule has 0 bridgehead atoms. The molecule has 1 atom stereocenters. The van der Waals surface area contributed by atoms with E-state index in [1.54, 1.807) is 30.3 Å². The first-order valence-electron chi connectivity index (χ1n) is 13.3. The Balaban J connectivity index is 2.02. The molecule has 0 aliphatic rings. The molecule has 3 aromatic rings. The van der Waals surface area contributed by atoms with Crippen molar-refractivity contribution in [3.05, 3.63) is 95.6 Å². The molecule has 208 valence electrons. The summed E-state index contributed by atoms with van der Waals surface area (Å²) in [4.78, 5) is 28.8. The van der Waals surface area contributed by atoms with Crippen molar-refractivity contribution in [1.82, 2.24) is 10.2 Å². The molecule has 0 aromatic heterocycles. The van der Waals surface area contributed by atoms with Crippen molar-refractivity contribution < 1.29 is 18.0 Å². The van der Waals surface area contributed by atoms with Crippen LogP contribution in [0.5, 0.6) is 0 Å². The molecule has 0 fully saturated rings. The molecule has 2 amide bonds. The highest BCUT2D eigenvalue weighted by Gasteiger charge is 2.33. The minimum Gasteiger partial charge on any atom is -0.352 e. The van der Waals surface area contributed by atoms with Gasteiger partial charge in [0.25, 0.3) is 10.0 Å². The zero-order valence-corrected chi connectivity index (χ0v) is 24.2. The second kappa shape index (κ2) is 13.4. The molecule has 0 aliphatic heterocycles. The monoisotopic (exact) mass is 549 g/mol. The standard InChI is InChI=1S/C31H39N3O4S/c1-6-29(31(36)32-23(2)3)33(20-19-26-13-9-7-10-14-26)30(35)22-34(27-18-17-24(4)25(5)21-27)39(37,38)28-15-11-8-12-16-28/h7-18,21,23,29H,6,19-20,22H2,1-5H3,(H,32,36). The zero-order chi connectivity index (χ0) is 28.6. The fourth-order valence-corrected chi connectivity index (χ4v) is 5.83. The van der Waals surface area contributed by atoms with Crippen LogP contribution in [0, 0.1) is 13.8 Å². The third-order valence-corrected chi connectivity index (χ3v) is 8.48. The molecule has 0 spiro atoms. The SMILES string of the molecule is CCC(C(=O)NC(C)C)N(CCc1ccccc1)C(=O)CN(c1ccc(C)c(C)c1)S(=O)(=O)c1ccccc1. The van der Waals surface area contributed by atoms with E-state index in [1.807, 2.05) is 71.0 Å². The molecule has 3 aromatic carbocycles. The molecular weight excluding hydrogens is 510 g/mol. The van der Waals surface area contributed by atoms with Gasteiger partial charge in [-0.15, -0.1) is 0 Å². The van der Waals surface area contributed by atoms with Gasteiger partial charge in [-0.2, -0.15) is 0 Å². The van der Waals surface area contributed by atoms with E-state index in [9.17, 15) is 18.0 Å². The summed E-state index contributed by atoms with van der Waals surface area (Å²) in [5.74, 6) is -0.688. The van der Waals surface area contributed by atoms with E-state index in [0.717, 1.165) is 21.0 Å². The Labute approximate surface area is 232 Å². The van der Waals surface area contributed by atoms with Gasteiger partial charge in [0, 0.05) is 12.6 Å². The van der Waals surface area contributed by atoms with Gasteiger partial charge in [-0.25, -0.2) is 8.42 Å². The van der Waals surface area contributed by atoms with Gasteiger partial charge in [0.05, 0.1) is 10.6 Å². The number of aryl methyl sites for hydroxylation is 2. The van der Waals surface area contributed by atoms with Crippen molar-refractivity contribution in [2.45, 2.75) is 64.4 Å². The number of rotatable bonds is 12. The smallest absolute Gasteiger partial charge is 0.264 e. The topological polar surface area (TPSA) is 86.8 Å². The molecule has 0 heterocycles. The molecule has 7 nitrogen and oxygen atoms in total. The molecule has 3 rings (SSSR count). The summed E-state index contributed by atoms with van der Waals surface area (Å²) >= 11 is 0. The number of amides is 2. The lowest BCUT2D eigenvalue weighted by Crippen LogP contribution is -2.54. The van der Waals surface area contributed by atoms with Crippen molar-refractivity contribution in [1.29, 1.82) is 0 Å². The van der Waals surface area contributed by atoms with Gasteiger partial charge in [-0.1, -0.05) is 61.5 Å². The van der Waals surface area contributed by atoms with Crippen LogP contribution in [0.4, 0.5) is 5.69 Å². The Morgan fingerprint density at radius 1 is 0.872 bits per heavy atom. The maximum Gasteiger partial charge on any atom is 0.264 e. The predicted molar refractivity (Wildman–Crippen MR) is 156 cm³/mol. The third-order valence-electron chi connectivity index (χ3n) is 6.69. The first-order valence-corrected chi connectivity index (χ1v) is 14.8. The van der Waals surface area contributed by atoms with Gasteiger partial charge < -0.3 is 10.2 Å². The first-order chi connectivity index (χ1) is 18.5. The van der Waals surface area contributed by atoms with Crippen LogP contribution in [-0.2, 0) is 26.0 Å². The number of carbonyl (C=O) groups excluding carboxylic acids is 2. The largest absolute Gasteiger partial charge is 0.352 e. The van der Waals surface area contributed by atoms with Crippen LogP contribution in [0.2, 0.25) is 0 Å². The summed E-state index contributed by atoms with van der Waals surface area (Å²) in [6.07, 6.45) is 0.932. The molecule has 1 N–H and O–H groups in total. The van der Waals surface area contributed by atoms with E-state index in [2.05, 4.69) is 5.32 Å². The molecule has 39 heavy (non-hydrogen) atoms. The van der Waals surface area contributed by atoms with Crippen LogP contribution in [-0.4, -0.2) is 50.3 Å². The van der Waals surface area contributed by atoms with E-state index >= 15 is 0 Å². The second-order valence-electron chi connectivity index (χ2n) is 10.0. The molecule has 0 aliphatic carbocycles. The zero-order valence-electron chi connectivity index (χ0n) is 23.4. The molecular formula is C31H39N3O4S. The van der Waals surface area contributed by atoms with Crippen molar-refractivity contribution in [2.75, 3.05) is 17.4 Å². The fourth-order valence-electron chi connectivity index (χ4n) is 4.41. The molecule has 8 heteroatoms. The number of carbonyl (C=O) groups is 2. The predicted octanol–water partition coefficient (Wildman–Crippen LogP) is 4.87. The maximum atomic E-state index is 14.0. The Kier molecular flexibility index (Phi) is 10.3. The molecule has 1 unspecified atom stereocenters. The lowest BCUT2D eigenvalue weighted by atomic mass is 10.1. The summed E-state index contributed by atoms with van der Waals surface area (Å²) < 4.78 is 28.9. The summed E-state index contributed by atoms with van der Waals surface area (Å²) in [5.41, 5.74) is 3.36. The quantitative estimate of drug-likeness (QED) is 0.349. The summed E-state index contributed by atoms with van der Waals surface area (Å²) in [6, 6.07) is 22.3. The van der Waals surface area contributed by atoms with Gasteiger partial charge in [0.2, 0.25) is 11.8 Å². The van der Waals surface area contributed by atoms with E-state index in [1.165, 1.54) is 17.0 Å². The number of sulfonamides is 1. The maximum absolute atomic E-state index is 14.0. The Morgan fingerprint density at radius 3 is 2.05 bits per heavy atom. The highest BCUT2D eigenvalue weighted by molar-refractivity contribution is 7.92. The Morgan fingerprint density at radius 2 is 1.49 bits per heavy atom. The van der Waals surface area contributed by atoms with Crippen LogP contribution in [0.3, 0.4) is 0 Å². The number of nitrogens with zero attached hydrogens (tertiary/aromatic N) is 2. The number of benzene rings is 3. The van der Waals surface area contributed by atoms with Crippen LogP contribution in [0.25, 0.3) is 0 Å².